The predicted octanol–water partition coefficient (Wildman–Crippen LogP) is 1.17. The van der Waals surface area contributed by atoms with E-state index in [4.69, 9.17) is 5.73 Å². The summed E-state index contributed by atoms with van der Waals surface area (Å²) >= 11 is 0. The Kier molecular flexibility index (Phi) is 5.34. The number of hydrogen-bond acceptors (Lipinski definition) is 4. The topological polar surface area (TPSA) is 90.0 Å². The standard InChI is InChI=1S/C13H26N4O2S/c1-10-12(11(2)17(16-10)8-6-7-14)20(18,19)15-9-13(3,4)5/h15H,6-9,14H2,1-5H3. The second kappa shape index (κ2) is 6.24. The molecular formula is C13H26N4O2S. The van der Waals surface area contributed by atoms with E-state index in [9.17, 15) is 8.42 Å². The van der Waals surface area contributed by atoms with Gasteiger partial charge in [0.15, 0.2) is 0 Å². The van der Waals surface area contributed by atoms with Gasteiger partial charge in [-0.05, 0) is 32.2 Å². The van der Waals surface area contributed by atoms with Crippen molar-refractivity contribution in [2.45, 2.75) is 52.5 Å². The van der Waals surface area contributed by atoms with Crippen LogP contribution in [0.5, 0.6) is 0 Å². The molecule has 0 spiro atoms. The molecule has 0 radical (unpaired) electrons. The third-order valence-corrected chi connectivity index (χ3v) is 4.60. The lowest BCUT2D eigenvalue weighted by atomic mass is 9.98. The highest BCUT2D eigenvalue weighted by atomic mass is 32.2. The first-order valence-electron chi connectivity index (χ1n) is 6.82. The van der Waals surface area contributed by atoms with Gasteiger partial charge < -0.3 is 5.73 Å². The van der Waals surface area contributed by atoms with Crippen molar-refractivity contribution in [1.82, 2.24) is 14.5 Å². The Labute approximate surface area is 121 Å². The summed E-state index contributed by atoms with van der Waals surface area (Å²) in [6, 6.07) is 0. The van der Waals surface area contributed by atoms with Crippen molar-refractivity contribution in [2.24, 2.45) is 11.1 Å². The number of rotatable bonds is 6. The SMILES string of the molecule is Cc1nn(CCCN)c(C)c1S(=O)(=O)NCC(C)(C)C. The molecule has 6 nitrogen and oxygen atoms in total. The molecule has 0 aliphatic carbocycles. The lowest BCUT2D eigenvalue weighted by molar-refractivity contribution is 0.407. The Morgan fingerprint density at radius 2 is 1.90 bits per heavy atom. The van der Waals surface area contributed by atoms with Crippen LogP contribution in [-0.4, -0.2) is 31.3 Å². The van der Waals surface area contributed by atoms with E-state index < -0.39 is 10.0 Å². The fraction of sp³-hybridized carbons (Fsp3) is 0.769. The zero-order valence-electron chi connectivity index (χ0n) is 13.0. The van der Waals surface area contributed by atoms with Crippen molar-refractivity contribution in [3.63, 3.8) is 0 Å². The molecular weight excluding hydrogens is 276 g/mol. The van der Waals surface area contributed by atoms with E-state index in [-0.39, 0.29) is 5.41 Å². The molecule has 0 aliphatic heterocycles. The molecule has 0 aliphatic rings. The van der Waals surface area contributed by atoms with Crippen molar-refractivity contribution in [3.05, 3.63) is 11.4 Å². The van der Waals surface area contributed by atoms with E-state index in [0.29, 0.717) is 35.9 Å². The monoisotopic (exact) mass is 302 g/mol. The molecule has 0 saturated heterocycles. The van der Waals surface area contributed by atoms with Crippen LogP contribution in [0.1, 0.15) is 38.6 Å². The summed E-state index contributed by atoms with van der Waals surface area (Å²) in [6.07, 6.45) is 0.775. The summed E-state index contributed by atoms with van der Waals surface area (Å²) in [6.45, 7) is 11.0. The van der Waals surface area contributed by atoms with Gasteiger partial charge >= 0.3 is 0 Å². The van der Waals surface area contributed by atoms with E-state index in [1.807, 2.05) is 20.8 Å². The van der Waals surface area contributed by atoms with Crippen LogP contribution in [0, 0.1) is 19.3 Å². The van der Waals surface area contributed by atoms with E-state index in [1.165, 1.54) is 0 Å². The van der Waals surface area contributed by atoms with Crippen LogP contribution in [0.4, 0.5) is 0 Å². The molecule has 0 unspecified atom stereocenters. The third-order valence-electron chi connectivity index (χ3n) is 2.95. The predicted molar refractivity (Wildman–Crippen MR) is 80.0 cm³/mol. The molecule has 116 valence electrons. The summed E-state index contributed by atoms with van der Waals surface area (Å²) in [7, 11) is -3.52. The number of aromatic nitrogens is 2. The normalized spacial score (nSPS) is 12.9. The molecule has 1 aromatic rings. The number of nitrogens with two attached hydrogens (primary N) is 1. The van der Waals surface area contributed by atoms with Crippen molar-refractivity contribution in [1.29, 1.82) is 0 Å². The molecule has 20 heavy (non-hydrogen) atoms. The van der Waals surface area contributed by atoms with Crippen LogP contribution < -0.4 is 10.5 Å². The molecule has 0 bridgehead atoms. The smallest absolute Gasteiger partial charge is 0.244 e. The maximum atomic E-state index is 12.4. The first-order chi connectivity index (χ1) is 9.08. The zero-order valence-corrected chi connectivity index (χ0v) is 13.8. The minimum absolute atomic E-state index is 0.107. The molecule has 0 saturated carbocycles. The maximum Gasteiger partial charge on any atom is 0.244 e. The van der Waals surface area contributed by atoms with Crippen LogP contribution in [-0.2, 0) is 16.6 Å². The summed E-state index contributed by atoms with van der Waals surface area (Å²) in [5.74, 6) is 0. The second-order valence-electron chi connectivity index (χ2n) is 6.25. The molecule has 3 N–H and O–H groups in total. The van der Waals surface area contributed by atoms with Crippen molar-refractivity contribution < 1.29 is 8.42 Å². The van der Waals surface area contributed by atoms with E-state index in [0.717, 1.165) is 6.42 Å². The summed E-state index contributed by atoms with van der Waals surface area (Å²) in [5.41, 5.74) is 6.57. The summed E-state index contributed by atoms with van der Waals surface area (Å²) in [4.78, 5) is 0.291. The first-order valence-corrected chi connectivity index (χ1v) is 8.30. The molecule has 0 fully saturated rings. The number of sulfonamides is 1. The highest BCUT2D eigenvalue weighted by Crippen LogP contribution is 2.20. The number of aryl methyl sites for hydroxylation is 2. The first kappa shape index (κ1) is 17.1. The van der Waals surface area contributed by atoms with Gasteiger partial charge in [0.2, 0.25) is 10.0 Å². The Hall–Kier alpha value is -0.920. The number of hydrogen-bond donors (Lipinski definition) is 2. The molecule has 0 amide bonds. The highest BCUT2D eigenvalue weighted by Gasteiger charge is 2.25. The number of nitrogens with one attached hydrogen (secondary N) is 1. The van der Waals surface area contributed by atoms with Gasteiger partial charge in [-0.25, -0.2) is 13.1 Å². The average molecular weight is 302 g/mol. The minimum Gasteiger partial charge on any atom is -0.330 e. The third kappa shape index (κ3) is 4.29. The Morgan fingerprint density at radius 1 is 1.30 bits per heavy atom. The van der Waals surface area contributed by atoms with Gasteiger partial charge in [-0.15, -0.1) is 0 Å². The minimum atomic E-state index is -3.52. The largest absolute Gasteiger partial charge is 0.330 e. The fourth-order valence-corrected chi connectivity index (χ4v) is 3.60. The van der Waals surface area contributed by atoms with Crippen LogP contribution in [0.25, 0.3) is 0 Å². The molecule has 1 aromatic heterocycles. The lowest BCUT2D eigenvalue weighted by Crippen LogP contribution is -2.32. The zero-order chi connectivity index (χ0) is 15.6. The van der Waals surface area contributed by atoms with Crippen molar-refractivity contribution >= 4 is 10.0 Å². The van der Waals surface area contributed by atoms with Crippen LogP contribution >= 0.6 is 0 Å². The van der Waals surface area contributed by atoms with Gasteiger partial charge in [-0.3, -0.25) is 4.68 Å². The fourth-order valence-electron chi connectivity index (χ4n) is 1.91. The van der Waals surface area contributed by atoms with E-state index >= 15 is 0 Å². The van der Waals surface area contributed by atoms with Crippen LogP contribution in [0.15, 0.2) is 4.90 Å². The van der Waals surface area contributed by atoms with Crippen molar-refractivity contribution in [2.75, 3.05) is 13.1 Å². The summed E-state index contributed by atoms with van der Waals surface area (Å²) in [5, 5.41) is 4.30. The van der Waals surface area contributed by atoms with E-state index in [1.54, 1.807) is 18.5 Å². The molecule has 0 atom stereocenters. The Morgan fingerprint density at radius 3 is 2.40 bits per heavy atom. The van der Waals surface area contributed by atoms with Crippen molar-refractivity contribution in [3.8, 4) is 0 Å². The van der Waals surface area contributed by atoms with E-state index in [2.05, 4.69) is 9.82 Å². The number of nitrogens with zero attached hydrogens (tertiary/aromatic N) is 2. The molecule has 1 heterocycles. The quantitative estimate of drug-likeness (QED) is 0.825. The lowest BCUT2D eigenvalue weighted by Gasteiger charge is -2.18. The molecule has 0 aromatic carbocycles. The van der Waals surface area contributed by atoms with Gasteiger partial charge in [0, 0.05) is 13.1 Å². The van der Waals surface area contributed by atoms with Gasteiger partial charge in [0.1, 0.15) is 4.90 Å². The van der Waals surface area contributed by atoms with Gasteiger partial charge in [-0.2, -0.15) is 5.10 Å². The second-order valence-corrected chi connectivity index (χ2v) is 7.95. The summed E-state index contributed by atoms with van der Waals surface area (Å²) < 4.78 is 29.2. The Bertz CT molecular complexity index is 556. The molecule has 1 rings (SSSR count). The van der Waals surface area contributed by atoms with Gasteiger partial charge in [-0.1, -0.05) is 20.8 Å². The van der Waals surface area contributed by atoms with Crippen LogP contribution in [0.2, 0.25) is 0 Å². The Balaban J connectivity index is 3.03. The van der Waals surface area contributed by atoms with Gasteiger partial charge in [0.05, 0.1) is 11.4 Å². The average Bonchev–Trinajstić information content (AvgIpc) is 2.59. The van der Waals surface area contributed by atoms with Gasteiger partial charge in [0.25, 0.3) is 0 Å². The highest BCUT2D eigenvalue weighted by molar-refractivity contribution is 7.89. The maximum absolute atomic E-state index is 12.4. The molecule has 7 heteroatoms. The van der Waals surface area contributed by atoms with Crippen LogP contribution in [0.3, 0.4) is 0 Å².